The predicted octanol–water partition coefficient (Wildman–Crippen LogP) is 7.08. The molecule has 0 N–H and O–H groups in total. The molecule has 1 unspecified atom stereocenters. The number of allylic oxidation sites excluding steroid dienone is 1. The number of hydrogen-bond acceptors (Lipinski definition) is 4. The van der Waals surface area contributed by atoms with Crippen molar-refractivity contribution in [3.63, 3.8) is 0 Å². The van der Waals surface area contributed by atoms with E-state index in [1.54, 1.807) is 18.4 Å². The minimum Gasteiger partial charge on any atom is -0.497 e. The van der Waals surface area contributed by atoms with Gasteiger partial charge in [0.05, 0.1) is 24.6 Å². The van der Waals surface area contributed by atoms with E-state index in [4.69, 9.17) is 9.84 Å². The maximum Gasteiger partial charge on any atom is 0.120 e. The summed E-state index contributed by atoms with van der Waals surface area (Å²) in [7, 11) is 1.70. The third kappa shape index (κ3) is 4.49. The normalized spacial score (nSPS) is 16.9. The van der Waals surface area contributed by atoms with Crippen LogP contribution in [0.15, 0.2) is 77.2 Å². The van der Waals surface area contributed by atoms with Crippen LogP contribution < -0.4 is 9.75 Å². The number of nitrogens with zero attached hydrogens (tertiary/aromatic N) is 2. The molecular weight excluding hydrogens is 388 g/mol. The molecule has 0 spiro atoms. The Labute approximate surface area is 183 Å². The second-order valence-corrected chi connectivity index (χ2v) is 9.56. The van der Waals surface area contributed by atoms with Gasteiger partial charge < -0.3 is 4.74 Å². The largest absolute Gasteiger partial charge is 0.497 e. The Morgan fingerprint density at radius 3 is 2.50 bits per heavy atom. The van der Waals surface area contributed by atoms with Crippen LogP contribution in [0.4, 0.5) is 5.69 Å². The Kier molecular flexibility index (Phi) is 5.78. The first-order valence-electron chi connectivity index (χ1n) is 10.3. The van der Waals surface area contributed by atoms with Crippen molar-refractivity contribution in [1.82, 2.24) is 0 Å². The van der Waals surface area contributed by atoms with Crippen LogP contribution in [0.3, 0.4) is 0 Å². The van der Waals surface area contributed by atoms with Crippen molar-refractivity contribution in [2.75, 3.05) is 12.1 Å². The van der Waals surface area contributed by atoms with Gasteiger partial charge in [-0.2, -0.15) is 5.10 Å². The molecule has 1 aliphatic heterocycles. The molecule has 1 atom stereocenters. The molecule has 4 heteroatoms. The number of anilines is 1. The minimum absolute atomic E-state index is 0.145. The number of ether oxygens (including phenoxy) is 1. The van der Waals surface area contributed by atoms with E-state index in [1.165, 1.54) is 16.0 Å². The Morgan fingerprint density at radius 2 is 1.83 bits per heavy atom. The first-order chi connectivity index (χ1) is 14.4. The Hall–Kier alpha value is -2.85. The summed E-state index contributed by atoms with van der Waals surface area (Å²) in [6.45, 7) is 6.74. The second-order valence-electron chi connectivity index (χ2n) is 8.58. The predicted molar refractivity (Wildman–Crippen MR) is 129 cm³/mol. The zero-order valence-electron chi connectivity index (χ0n) is 18.0. The van der Waals surface area contributed by atoms with Gasteiger partial charge in [-0.3, -0.25) is 5.01 Å². The Bertz CT molecular complexity index is 1040. The quantitative estimate of drug-likeness (QED) is 0.444. The number of benzene rings is 2. The molecule has 0 saturated heterocycles. The van der Waals surface area contributed by atoms with Crippen molar-refractivity contribution in [1.29, 1.82) is 0 Å². The van der Waals surface area contributed by atoms with Crippen LogP contribution >= 0.6 is 11.3 Å². The topological polar surface area (TPSA) is 24.8 Å². The summed E-state index contributed by atoms with van der Waals surface area (Å²) in [5, 5.41) is 9.20. The lowest BCUT2D eigenvalue weighted by Crippen LogP contribution is -2.19. The highest BCUT2D eigenvalue weighted by atomic mass is 32.1. The van der Waals surface area contributed by atoms with Crippen LogP contribution in [0, 0.1) is 0 Å². The monoisotopic (exact) mass is 416 g/mol. The first kappa shape index (κ1) is 20.4. The maximum absolute atomic E-state index is 5.44. The molecule has 0 aliphatic carbocycles. The zero-order chi connectivity index (χ0) is 21.1. The van der Waals surface area contributed by atoms with E-state index >= 15 is 0 Å². The number of hydrogen-bond donors (Lipinski definition) is 0. The van der Waals surface area contributed by atoms with Crippen molar-refractivity contribution in [3.05, 3.63) is 88.1 Å². The molecule has 30 heavy (non-hydrogen) atoms. The summed E-state index contributed by atoms with van der Waals surface area (Å²) in [5.41, 5.74) is 4.88. The van der Waals surface area contributed by atoms with Gasteiger partial charge in [0.15, 0.2) is 0 Å². The lowest BCUT2D eigenvalue weighted by molar-refractivity contribution is 0.414. The second kappa shape index (κ2) is 8.49. The first-order valence-corrected chi connectivity index (χ1v) is 11.1. The van der Waals surface area contributed by atoms with E-state index in [0.717, 1.165) is 23.6 Å². The summed E-state index contributed by atoms with van der Waals surface area (Å²) in [6.07, 6.45) is 5.16. The molecule has 3 nitrogen and oxygen atoms in total. The third-order valence-corrected chi connectivity index (χ3v) is 6.23. The van der Waals surface area contributed by atoms with Gasteiger partial charge in [0.25, 0.3) is 0 Å². The van der Waals surface area contributed by atoms with Crippen LogP contribution in [0.1, 0.15) is 49.2 Å². The van der Waals surface area contributed by atoms with Gasteiger partial charge in [0.2, 0.25) is 0 Å². The van der Waals surface area contributed by atoms with E-state index in [1.807, 2.05) is 18.2 Å². The van der Waals surface area contributed by atoms with E-state index < -0.39 is 0 Å². The third-order valence-electron chi connectivity index (χ3n) is 5.40. The summed E-state index contributed by atoms with van der Waals surface area (Å²) in [4.78, 5) is 1.24. The van der Waals surface area contributed by atoms with E-state index in [9.17, 15) is 0 Å². The summed E-state index contributed by atoms with van der Waals surface area (Å²) >= 11 is 1.74. The van der Waals surface area contributed by atoms with Crippen molar-refractivity contribution in [3.8, 4) is 5.75 Å². The molecule has 1 aliphatic rings. The highest BCUT2D eigenvalue weighted by molar-refractivity contribution is 7.10. The highest BCUT2D eigenvalue weighted by Gasteiger charge is 2.29. The molecule has 2 heterocycles. The van der Waals surface area contributed by atoms with Gasteiger partial charge in [-0.15, -0.1) is 11.3 Å². The molecular formula is C26H28N2OS. The number of rotatable bonds is 5. The Balaban J connectivity index is 1.67. The van der Waals surface area contributed by atoms with Crippen LogP contribution in [-0.2, 0) is 5.41 Å². The van der Waals surface area contributed by atoms with Crippen molar-refractivity contribution in [2.24, 2.45) is 5.10 Å². The maximum atomic E-state index is 5.44. The van der Waals surface area contributed by atoms with Gasteiger partial charge >= 0.3 is 0 Å². The molecule has 4 rings (SSSR count). The van der Waals surface area contributed by atoms with E-state index in [-0.39, 0.29) is 11.5 Å². The van der Waals surface area contributed by atoms with Crippen molar-refractivity contribution in [2.45, 2.75) is 38.6 Å². The molecule has 0 radical (unpaired) electrons. The SMILES string of the molecule is COc1cccc(N2N=C(C=Cc3cccs3)CC2c2ccc(C(C)(C)C)cc2)c1. The Morgan fingerprint density at radius 1 is 1.03 bits per heavy atom. The fraction of sp³-hybridized carbons (Fsp3) is 0.269. The van der Waals surface area contributed by atoms with Gasteiger partial charge in [-0.05, 0) is 52.3 Å². The molecule has 3 aromatic rings. The lowest BCUT2D eigenvalue weighted by Gasteiger charge is -2.25. The average molecular weight is 417 g/mol. The number of hydrazone groups is 1. The number of methoxy groups -OCH3 is 1. The fourth-order valence-electron chi connectivity index (χ4n) is 3.65. The molecule has 154 valence electrons. The zero-order valence-corrected chi connectivity index (χ0v) is 18.8. The average Bonchev–Trinajstić information content (AvgIpc) is 3.42. The molecule has 0 amide bonds. The van der Waals surface area contributed by atoms with Crippen molar-refractivity contribution >= 4 is 28.8 Å². The van der Waals surface area contributed by atoms with Gasteiger partial charge in [-0.25, -0.2) is 0 Å². The molecule has 0 fully saturated rings. The molecule has 1 aromatic heterocycles. The van der Waals surface area contributed by atoms with Gasteiger partial charge in [0.1, 0.15) is 5.75 Å². The smallest absolute Gasteiger partial charge is 0.120 e. The van der Waals surface area contributed by atoms with Crippen molar-refractivity contribution < 1.29 is 4.74 Å². The number of thiophene rings is 1. The van der Waals surface area contributed by atoms with Gasteiger partial charge in [0, 0.05) is 17.4 Å². The summed E-state index contributed by atoms with van der Waals surface area (Å²) < 4.78 is 5.44. The summed E-state index contributed by atoms with van der Waals surface area (Å²) in [5.74, 6) is 0.840. The molecule has 0 saturated carbocycles. The molecule has 0 bridgehead atoms. The van der Waals surface area contributed by atoms with Gasteiger partial charge in [-0.1, -0.05) is 57.2 Å². The van der Waals surface area contributed by atoms with E-state index in [0.29, 0.717) is 0 Å². The van der Waals surface area contributed by atoms with Crippen LogP contribution in [0.25, 0.3) is 6.08 Å². The fourth-order valence-corrected chi connectivity index (χ4v) is 4.27. The van der Waals surface area contributed by atoms with Crippen LogP contribution in [-0.4, -0.2) is 12.8 Å². The van der Waals surface area contributed by atoms with Crippen LogP contribution in [0.2, 0.25) is 0 Å². The van der Waals surface area contributed by atoms with Crippen LogP contribution in [0.5, 0.6) is 5.75 Å². The molecule has 2 aromatic carbocycles. The minimum atomic E-state index is 0.145. The van der Waals surface area contributed by atoms with E-state index in [2.05, 4.69) is 85.8 Å². The lowest BCUT2D eigenvalue weighted by atomic mass is 9.86. The standard InChI is InChI=1S/C26H28N2OS/c1-26(2,3)20-12-10-19(11-13-20)25-17-21(14-15-24-9-6-16-30-24)27-28(25)22-7-5-8-23(18-22)29-4/h5-16,18,25H,17H2,1-4H3. The highest BCUT2D eigenvalue weighted by Crippen LogP contribution is 2.37. The summed E-state index contributed by atoms with van der Waals surface area (Å²) in [6, 6.07) is 21.5.